The zero-order valence-corrected chi connectivity index (χ0v) is 18.2. The number of aromatic nitrogens is 1. The number of amides is 1. The number of nitrogens with zero attached hydrogens (tertiary/aromatic N) is 3. The standard InChI is InChI=1S/C23H27N3O3S/c1-17(2)29-19-9-7-18(8-10-19)22(27)26(12-11-25-13-15-28-16-14-25)23-24-20-5-3-4-6-21(20)30-23/h3-10,17H,11-16H2,1-2H3. The lowest BCUT2D eigenvalue weighted by Gasteiger charge is -2.29. The lowest BCUT2D eigenvalue weighted by molar-refractivity contribution is 0.0391. The van der Waals surface area contributed by atoms with Crippen molar-refractivity contribution in [2.75, 3.05) is 44.3 Å². The molecular weight excluding hydrogens is 398 g/mol. The van der Waals surface area contributed by atoms with E-state index in [0.29, 0.717) is 12.1 Å². The highest BCUT2D eigenvalue weighted by atomic mass is 32.1. The Labute approximate surface area is 181 Å². The molecule has 3 aromatic rings. The Balaban J connectivity index is 1.57. The Morgan fingerprint density at radius 1 is 1.17 bits per heavy atom. The van der Waals surface area contributed by atoms with Gasteiger partial charge in [-0.05, 0) is 50.2 Å². The molecule has 1 amide bonds. The Morgan fingerprint density at radius 2 is 1.90 bits per heavy atom. The summed E-state index contributed by atoms with van der Waals surface area (Å²) in [6.45, 7) is 8.62. The molecule has 1 aliphatic rings. The van der Waals surface area contributed by atoms with E-state index in [1.165, 1.54) is 0 Å². The Bertz CT molecular complexity index is 948. The van der Waals surface area contributed by atoms with Gasteiger partial charge in [-0.2, -0.15) is 0 Å². The molecule has 0 N–H and O–H groups in total. The van der Waals surface area contributed by atoms with Gasteiger partial charge < -0.3 is 9.47 Å². The highest BCUT2D eigenvalue weighted by Crippen LogP contribution is 2.30. The molecule has 1 saturated heterocycles. The second-order valence-corrected chi connectivity index (χ2v) is 8.58. The largest absolute Gasteiger partial charge is 0.491 e. The van der Waals surface area contributed by atoms with Crippen LogP contribution in [0.2, 0.25) is 0 Å². The minimum absolute atomic E-state index is 0.0431. The minimum Gasteiger partial charge on any atom is -0.491 e. The van der Waals surface area contributed by atoms with Gasteiger partial charge in [0.05, 0.1) is 29.5 Å². The third-order valence-electron chi connectivity index (χ3n) is 4.98. The van der Waals surface area contributed by atoms with Crippen molar-refractivity contribution in [1.29, 1.82) is 0 Å². The molecule has 0 bridgehead atoms. The van der Waals surface area contributed by atoms with E-state index in [1.807, 2.05) is 62.4 Å². The molecule has 0 aliphatic carbocycles. The molecule has 1 fully saturated rings. The zero-order valence-electron chi connectivity index (χ0n) is 17.4. The van der Waals surface area contributed by atoms with Crippen LogP contribution in [0.3, 0.4) is 0 Å². The fourth-order valence-electron chi connectivity index (χ4n) is 3.43. The summed E-state index contributed by atoms with van der Waals surface area (Å²) in [5.41, 5.74) is 1.55. The number of morpholine rings is 1. The number of carbonyl (C=O) groups is 1. The summed E-state index contributed by atoms with van der Waals surface area (Å²) in [5.74, 6) is 0.722. The summed E-state index contributed by atoms with van der Waals surface area (Å²) in [6.07, 6.45) is 0.0966. The van der Waals surface area contributed by atoms with Crippen LogP contribution >= 0.6 is 11.3 Å². The summed E-state index contributed by atoms with van der Waals surface area (Å²) in [5, 5.41) is 0.733. The van der Waals surface area contributed by atoms with E-state index < -0.39 is 0 Å². The first-order valence-electron chi connectivity index (χ1n) is 10.3. The van der Waals surface area contributed by atoms with Crippen molar-refractivity contribution in [3.05, 3.63) is 54.1 Å². The van der Waals surface area contributed by atoms with E-state index in [-0.39, 0.29) is 12.0 Å². The molecular formula is C23H27N3O3S. The number of carbonyl (C=O) groups excluding carboxylic acids is 1. The number of hydrogen-bond acceptors (Lipinski definition) is 6. The van der Waals surface area contributed by atoms with Gasteiger partial charge in [0.1, 0.15) is 5.75 Å². The van der Waals surface area contributed by atoms with Gasteiger partial charge in [-0.25, -0.2) is 4.98 Å². The van der Waals surface area contributed by atoms with Crippen LogP contribution in [0.15, 0.2) is 48.5 Å². The second-order valence-electron chi connectivity index (χ2n) is 7.57. The smallest absolute Gasteiger partial charge is 0.260 e. The number of rotatable bonds is 7. The Morgan fingerprint density at radius 3 is 2.60 bits per heavy atom. The van der Waals surface area contributed by atoms with Crippen molar-refractivity contribution in [1.82, 2.24) is 9.88 Å². The van der Waals surface area contributed by atoms with Crippen molar-refractivity contribution in [3.63, 3.8) is 0 Å². The molecule has 1 aliphatic heterocycles. The predicted molar refractivity (Wildman–Crippen MR) is 121 cm³/mol. The zero-order chi connectivity index (χ0) is 20.9. The van der Waals surface area contributed by atoms with Crippen molar-refractivity contribution in [2.45, 2.75) is 20.0 Å². The molecule has 0 unspecified atom stereocenters. The molecule has 0 atom stereocenters. The average Bonchev–Trinajstić information content (AvgIpc) is 3.18. The molecule has 7 heteroatoms. The summed E-state index contributed by atoms with van der Waals surface area (Å²) in [7, 11) is 0. The normalized spacial score (nSPS) is 14.9. The van der Waals surface area contributed by atoms with E-state index in [4.69, 9.17) is 14.5 Å². The minimum atomic E-state index is -0.0431. The first-order chi connectivity index (χ1) is 14.6. The number of anilines is 1. The van der Waals surface area contributed by atoms with Crippen molar-refractivity contribution in [3.8, 4) is 5.75 Å². The molecule has 158 valence electrons. The van der Waals surface area contributed by atoms with Gasteiger partial charge in [0.25, 0.3) is 5.91 Å². The van der Waals surface area contributed by atoms with E-state index >= 15 is 0 Å². The van der Waals surface area contributed by atoms with Crippen LogP contribution < -0.4 is 9.64 Å². The van der Waals surface area contributed by atoms with Crippen LogP contribution in [-0.2, 0) is 4.74 Å². The van der Waals surface area contributed by atoms with Crippen LogP contribution in [0, 0.1) is 0 Å². The van der Waals surface area contributed by atoms with Crippen LogP contribution in [0.4, 0.5) is 5.13 Å². The van der Waals surface area contributed by atoms with E-state index in [2.05, 4.69) is 4.90 Å². The molecule has 2 heterocycles. The van der Waals surface area contributed by atoms with Crippen molar-refractivity contribution in [2.24, 2.45) is 0 Å². The topological polar surface area (TPSA) is 54.9 Å². The first kappa shape index (κ1) is 20.8. The lowest BCUT2D eigenvalue weighted by Crippen LogP contribution is -2.43. The molecule has 30 heavy (non-hydrogen) atoms. The quantitative estimate of drug-likeness (QED) is 0.571. The maximum atomic E-state index is 13.4. The number of hydrogen-bond donors (Lipinski definition) is 0. The van der Waals surface area contributed by atoms with Gasteiger partial charge in [0.15, 0.2) is 5.13 Å². The van der Waals surface area contributed by atoms with Crippen molar-refractivity contribution >= 4 is 32.6 Å². The number of ether oxygens (including phenoxy) is 2. The summed E-state index contributed by atoms with van der Waals surface area (Å²) in [4.78, 5) is 22.3. The third-order valence-corrected chi connectivity index (χ3v) is 6.03. The fourth-order valence-corrected chi connectivity index (χ4v) is 4.42. The van der Waals surface area contributed by atoms with Gasteiger partial charge in [-0.15, -0.1) is 0 Å². The second kappa shape index (κ2) is 9.55. The number of para-hydroxylation sites is 1. The highest BCUT2D eigenvalue weighted by Gasteiger charge is 2.23. The van der Waals surface area contributed by atoms with E-state index in [9.17, 15) is 4.79 Å². The summed E-state index contributed by atoms with van der Waals surface area (Å²) in [6, 6.07) is 15.4. The number of benzene rings is 2. The Kier molecular flexibility index (Phi) is 6.62. The van der Waals surface area contributed by atoms with Crippen molar-refractivity contribution < 1.29 is 14.3 Å². The molecule has 0 radical (unpaired) electrons. The number of thiazole rings is 1. The van der Waals surface area contributed by atoms with Crippen LogP contribution in [0.1, 0.15) is 24.2 Å². The average molecular weight is 426 g/mol. The highest BCUT2D eigenvalue weighted by molar-refractivity contribution is 7.22. The SMILES string of the molecule is CC(C)Oc1ccc(C(=O)N(CCN2CCOCC2)c2nc3ccccc3s2)cc1. The maximum Gasteiger partial charge on any atom is 0.260 e. The first-order valence-corrected chi connectivity index (χ1v) is 11.2. The molecule has 4 rings (SSSR count). The van der Waals surface area contributed by atoms with Crippen LogP contribution in [0.25, 0.3) is 10.2 Å². The van der Waals surface area contributed by atoms with Gasteiger partial charge in [-0.1, -0.05) is 23.5 Å². The molecule has 0 spiro atoms. The fraction of sp³-hybridized carbons (Fsp3) is 0.391. The number of fused-ring (bicyclic) bond motifs is 1. The molecule has 1 aromatic heterocycles. The van der Waals surface area contributed by atoms with Crippen LogP contribution in [-0.4, -0.2) is 61.3 Å². The lowest BCUT2D eigenvalue weighted by atomic mass is 10.2. The predicted octanol–water partition coefficient (Wildman–Crippen LogP) is 4.06. The monoisotopic (exact) mass is 425 g/mol. The molecule has 2 aromatic carbocycles. The molecule has 6 nitrogen and oxygen atoms in total. The summed E-state index contributed by atoms with van der Waals surface area (Å²) >= 11 is 1.55. The van der Waals surface area contributed by atoms with Gasteiger partial charge in [-0.3, -0.25) is 14.6 Å². The van der Waals surface area contributed by atoms with Crippen LogP contribution in [0.5, 0.6) is 5.75 Å². The summed E-state index contributed by atoms with van der Waals surface area (Å²) < 4.78 is 12.2. The van der Waals surface area contributed by atoms with E-state index in [1.54, 1.807) is 16.2 Å². The van der Waals surface area contributed by atoms with E-state index in [0.717, 1.165) is 53.9 Å². The molecule has 0 saturated carbocycles. The van der Waals surface area contributed by atoms with Gasteiger partial charge >= 0.3 is 0 Å². The van der Waals surface area contributed by atoms with Gasteiger partial charge in [0.2, 0.25) is 0 Å². The third kappa shape index (κ3) is 4.98. The maximum absolute atomic E-state index is 13.4. The Hall–Kier alpha value is -2.48. The van der Waals surface area contributed by atoms with Gasteiger partial charge in [0, 0.05) is 31.7 Å².